The second-order valence-corrected chi connectivity index (χ2v) is 8.66. The van der Waals surface area contributed by atoms with Gasteiger partial charge in [0.15, 0.2) is 6.10 Å². The van der Waals surface area contributed by atoms with Gasteiger partial charge in [-0.05, 0) is 61.2 Å². The molecule has 1 amide bonds. The highest BCUT2D eigenvalue weighted by molar-refractivity contribution is 9.10. The molecule has 2 atom stereocenters. The van der Waals surface area contributed by atoms with Gasteiger partial charge in [-0.25, -0.2) is 0 Å². The Labute approximate surface area is 185 Å². The Morgan fingerprint density at radius 1 is 1.23 bits per heavy atom. The van der Waals surface area contributed by atoms with E-state index < -0.39 is 6.10 Å². The molecule has 6 nitrogen and oxygen atoms in total. The van der Waals surface area contributed by atoms with E-state index in [-0.39, 0.29) is 5.91 Å². The number of benzene rings is 2. The number of hydrogen-bond acceptors (Lipinski definition) is 5. The molecule has 1 N–H and O–H groups in total. The van der Waals surface area contributed by atoms with Crippen LogP contribution in [-0.4, -0.2) is 56.9 Å². The molecule has 2 aromatic rings. The van der Waals surface area contributed by atoms with Gasteiger partial charge in [0.05, 0.1) is 12.3 Å². The van der Waals surface area contributed by atoms with E-state index in [0.717, 1.165) is 47.6 Å². The maximum atomic E-state index is 12.4. The predicted molar refractivity (Wildman–Crippen MR) is 119 cm³/mol. The second-order valence-electron chi connectivity index (χ2n) is 7.80. The number of carbonyl (C=O) groups excluding carboxylic acids is 1. The zero-order valence-electron chi connectivity index (χ0n) is 17.1. The molecule has 4 rings (SSSR count). The number of nitrogens with one attached hydrogen (secondary N) is 1. The van der Waals surface area contributed by atoms with Gasteiger partial charge in [-0.2, -0.15) is 0 Å². The number of rotatable bonds is 8. The molecular formula is C23H27BrN2O4. The third-order valence-electron chi connectivity index (χ3n) is 5.58. The Bertz CT molecular complexity index is 891. The molecule has 0 bridgehead atoms. The maximum Gasteiger partial charge on any atom is 0.266 e. The summed E-state index contributed by atoms with van der Waals surface area (Å²) in [5.74, 6) is 2.08. The number of methoxy groups -OCH3 is 1. The van der Waals surface area contributed by atoms with Crippen molar-refractivity contribution in [3.05, 3.63) is 52.5 Å². The van der Waals surface area contributed by atoms with Crippen LogP contribution in [0.25, 0.3) is 0 Å². The van der Waals surface area contributed by atoms with Crippen molar-refractivity contribution >= 4 is 27.5 Å². The Kier molecular flexibility index (Phi) is 6.92. The molecule has 2 aliphatic heterocycles. The van der Waals surface area contributed by atoms with Crippen LogP contribution in [-0.2, 0) is 16.0 Å². The van der Waals surface area contributed by atoms with E-state index in [1.807, 2.05) is 36.4 Å². The summed E-state index contributed by atoms with van der Waals surface area (Å²) in [6.07, 6.45) is 1.61. The average molecular weight is 475 g/mol. The van der Waals surface area contributed by atoms with E-state index in [4.69, 9.17) is 14.2 Å². The first-order valence-corrected chi connectivity index (χ1v) is 11.1. The summed E-state index contributed by atoms with van der Waals surface area (Å²) in [6.45, 7) is 3.65. The van der Waals surface area contributed by atoms with Crippen LogP contribution >= 0.6 is 15.9 Å². The Hall–Kier alpha value is -2.09. The molecule has 2 unspecified atom stereocenters. The van der Waals surface area contributed by atoms with Crippen LogP contribution in [0.15, 0.2) is 46.9 Å². The highest BCUT2D eigenvalue weighted by Gasteiger charge is 2.32. The maximum absolute atomic E-state index is 12.4. The Morgan fingerprint density at radius 2 is 2.10 bits per heavy atom. The first-order chi connectivity index (χ1) is 14.6. The first-order valence-electron chi connectivity index (χ1n) is 10.3. The van der Waals surface area contributed by atoms with Crippen LogP contribution < -0.4 is 14.8 Å². The van der Waals surface area contributed by atoms with Crippen LogP contribution in [0.1, 0.15) is 12.0 Å². The fourth-order valence-corrected chi connectivity index (χ4v) is 4.45. The van der Waals surface area contributed by atoms with Gasteiger partial charge in [-0.1, -0.05) is 28.1 Å². The summed E-state index contributed by atoms with van der Waals surface area (Å²) in [6, 6.07) is 13.7. The number of nitrogens with zero attached hydrogens (tertiary/aromatic N) is 1. The van der Waals surface area contributed by atoms with Gasteiger partial charge in [0, 0.05) is 24.7 Å². The SMILES string of the molecule is COCCOc1ccc(Br)c(CC2CCN(CC3Oc4ccccc4NC3=O)C2)c1. The number of carbonyl (C=O) groups is 1. The van der Waals surface area contributed by atoms with Gasteiger partial charge < -0.3 is 19.5 Å². The monoisotopic (exact) mass is 474 g/mol. The smallest absolute Gasteiger partial charge is 0.266 e. The number of halogens is 1. The minimum atomic E-state index is -0.470. The Balaban J connectivity index is 1.32. The molecular weight excluding hydrogens is 448 g/mol. The van der Waals surface area contributed by atoms with Crippen LogP contribution in [0.2, 0.25) is 0 Å². The fraction of sp³-hybridized carbons (Fsp3) is 0.435. The minimum Gasteiger partial charge on any atom is -0.491 e. The van der Waals surface area contributed by atoms with Crippen molar-refractivity contribution in [3.63, 3.8) is 0 Å². The lowest BCUT2D eigenvalue weighted by Crippen LogP contribution is -2.45. The summed E-state index contributed by atoms with van der Waals surface area (Å²) >= 11 is 3.67. The predicted octanol–water partition coefficient (Wildman–Crippen LogP) is 3.74. The molecule has 0 aliphatic carbocycles. The molecule has 30 heavy (non-hydrogen) atoms. The lowest BCUT2D eigenvalue weighted by molar-refractivity contribution is -0.124. The number of amides is 1. The van der Waals surface area contributed by atoms with Crippen LogP contribution in [0.3, 0.4) is 0 Å². The fourth-order valence-electron chi connectivity index (χ4n) is 4.04. The Morgan fingerprint density at radius 3 is 2.97 bits per heavy atom. The van der Waals surface area contributed by atoms with Gasteiger partial charge in [0.25, 0.3) is 5.91 Å². The summed E-state index contributed by atoms with van der Waals surface area (Å²) in [4.78, 5) is 14.7. The number of anilines is 1. The molecule has 7 heteroatoms. The van der Waals surface area contributed by atoms with Crippen molar-refractivity contribution in [1.29, 1.82) is 0 Å². The highest BCUT2D eigenvalue weighted by Crippen LogP contribution is 2.31. The molecule has 2 heterocycles. The molecule has 0 spiro atoms. The molecule has 2 aromatic carbocycles. The number of ether oxygens (including phenoxy) is 3. The van der Waals surface area contributed by atoms with Gasteiger partial charge in [0.2, 0.25) is 0 Å². The van der Waals surface area contributed by atoms with E-state index in [1.54, 1.807) is 7.11 Å². The van der Waals surface area contributed by atoms with E-state index in [1.165, 1.54) is 5.56 Å². The highest BCUT2D eigenvalue weighted by atomic mass is 79.9. The summed E-state index contributed by atoms with van der Waals surface area (Å²) < 4.78 is 17.9. The summed E-state index contributed by atoms with van der Waals surface area (Å²) in [5.41, 5.74) is 1.99. The van der Waals surface area contributed by atoms with Gasteiger partial charge in [-0.3, -0.25) is 9.69 Å². The van der Waals surface area contributed by atoms with Crippen molar-refractivity contribution in [2.75, 3.05) is 45.3 Å². The van der Waals surface area contributed by atoms with Crippen molar-refractivity contribution in [2.24, 2.45) is 5.92 Å². The molecule has 1 saturated heterocycles. The number of hydrogen-bond donors (Lipinski definition) is 1. The van der Waals surface area contributed by atoms with E-state index in [0.29, 0.717) is 25.7 Å². The van der Waals surface area contributed by atoms with Gasteiger partial charge in [0.1, 0.15) is 18.1 Å². The minimum absolute atomic E-state index is 0.0687. The van der Waals surface area contributed by atoms with E-state index >= 15 is 0 Å². The van der Waals surface area contributed by atoms with Gasteiger partial charge in [-0.15, -0.1) is 0 Å². The largest absolute Gasteiger partial charge is 0.491 e. The van der Waals surface area contributed by atoms with Crippen molar-refractivity contribution in [3.8, 4) is 11.5 Å². The zero-order chi connectivity index (χ0) is 20.9. The number of para-hydroxylation sites is 2. The summed E-state index contributed by atoms with van der Waals surface area (Å²) in [7, 11) is 1.67. The summed E-state index contributed by atoms with van der Waals surface area (Å²) in [5, 5.41) is 2.95. The van der Waals surface area contributed by atoms with Crippen molar-refractivity contribution < 1.29 is 19.0 Å². The molecule has 0 saturated carbocycles. The second kappa shape index (κ2) is 9.81. The topological polar surface area (TPSA) is 60.0 Å². The first kappa shape index (κ1) is 21.2. The van der Waals surface area contributed by atoms with Crippen molar-refractivity contribution in [2.45, 2.75) is 18.9 Å². The molecule has 0 radical (unpaired) electrons. The van der Waals surface area contributed by atoms with Crippen LogP contribution in [0, 0.1) is 5.92 Å². The van der Waals surface area contributed by atoms with E-state index in [2.05, 4.69) is 32.2 Å². The van der Waals surface area contributed by atoms with Crippen molar-refractivity contribution in [1.82, 2.24) is 4.90 Å². The average Bonchev–Trinajstić information content (AvgIpc) is 3.18. The molecule has 0 aromatic heterocycles. The van der Waals surface area contributed by atoms with Crippen LogP contribution in [0.4, 0.5) is 5.69 Å². The molecule has 160 valence electrons. The number of fused-ring (bicyclic) bond motifs is 1. The number of likely N-dealkylation sites (tertiary alicyclic amines) is 1. The van der Waals surface area contributed by atoms with Crippen LogP contribution in [0.5, 0.6) is 11.5 Å². The zero-order valence-corrected chi connectivity index (χ0v) is 18.7. The lowest BCUT2D eigenvalue weighted by atomic mass is 9.98. The quantitative estimate of drug-likeness (QED) is 0.590. The standard InChI is InChI=1S/C23H27BrN2O4/c1-28-10-11-29-18-6-7-19(24)17(13-18)12-16-8-9-26(14-16)15-22-23(27)25-20-4-2-3-5-21(20)30-22/h2-7,13,16,22H,8-12,14-15H2,1H3,(H,25,27). The molecule has 2 aliphatic rings. The molecule has 1 fully saturated rings. The lowest BCUT2D eigenvalue weighted by Gasteiger charge is -2.28. The third-order valence-corrected chi connectivity index (χ3v) is 6.36. The van der Waals surface area contributed by atoms with Gasteiger partial charge >= 0.3 is 0 Å². The van der Waals surface area contributed by atoms with E-state index in [9.17, 15) is 4.79 Å². The third kappa shape index (κ3) is 5.14. The normalized spacial score (nSPS) is 21.1.